The number of hydrogen-bond acceptors (Lipinski definition) is 4. The lowest BCUT2D eigenvalue weighted by Gasteiger charge is -2.15. The number of ether oxygens (including phenoxy) is 1. The third-order valence-corrected chi connectivity index (χ3v) is 4.96. The first-order valence-corrected chi connectivity index (χ1v) is 7.66. The number of aliphatic hydroxyl groups is 1. The van der Waals surface area contributed by atoms with Gasteiger partial charge < -0.3 is 9.84 Å². The van der Waals surface area contributed by atoms with Crippen LogP contribution >= 0.6 is 0 Å². The van der Waals surface area contributed by atoms with Crippen LogP contribution in [0.5, 0.6) is 5.75 Å². The molecular formula is C13H19NO4S. The SMILES string of the molecule is COc1ccc(C)cc1S(=O)(=O)NCC1(CO)CC1. The van der Waals surface area contributed by atoms with Crippen molar-refractivity contribution in [1.82, 2.24) is 4.72 Å². The molecule has 0 bridgehead atoms. The minimum Gasteiger partial charge on any atom is -0.495 e. The van der Waals surface area contributed by atoms with Gasteiger partial charge in [-0.1, -0.05) is 6.07 Å². The number of aryl methyl sites for hydroxylation is 1. The van der Waals surface area contributed by atoms with Gasteiger partial charge in [-0.15, -0.1) is 0 Å². The molecule has 1 aromatic rings. The fourth-order valence-electron chi connectivity index (χ4n) is 1.89. The van der Waals surface area contributed by atoms with Gasteiger partial charge in [-0.3, -0.25) is 0 Å². The summed E-state index contributed by atoms with van der Waals surface area (Å²) < 4.78 is 32.2. The summed E-state index contributed by atoms with van der Waals surface area (Å²) >= 11 is 0. The predicted octanol–water partition coefficient (Wildman–Crippen LogP) is 1.05. The second-order valence-electron chi connectivity index (χ2n) is 5.14. The van der Waals surface area contributed by atoms with E-state index < -0.39 is 10.0 Å². The van der Waals surface area contributed by atoms with Gasteiger partial charge >= 0.3 is 0 Å². The van der Waals surface area contributed by atoms with Crippen LogP contribution in [0.1, 0.15) is 18.4 Å². The minimum absolute atomic E-state index is 0.0144. The highest BCUT2D eigenvalue weighted by atomic mass is 32.2. The van der Waals surface area contributed by atoms with Crippen LogP contribution in [0.25, 0.3) is 0 Å². The van der Waals surface area contributed by atoms with Gasteiger partial charge in [0.05, 0.1) is 7.11 Å². The summed E-state index contributed by atoms with van der Waals surface area (Å²) in [6.07, 6.45) is 1.72. The van der Waals surface area contributed by atoms with Crippen LogP contribution < -0.4 is 9.46 Å². The Hall–Kier alpha value is -1.11. The van der Waals surface area contributed by atoms with Crippen LogP contribution in [-0.2, 0) is 10.0 Å². The summed E-state index contributed by atoms with van der Waals surface area (Å²) in [5.74, 6) is 0.326. The molecule has 0 unspecified atom stereocenters. The fourth-order valence-corrected chi connectivity index (χ4v) is 3.30. The molecule has 19 heavy (non-hydrogen) atoms. The molecule has 5 nitrogen and oxygen atoms in total. The van der Waals surface area contributed by atoms with E-state index in [0.717, 1.165) is 18.4 Å². The van der Waals surface area contributed by atoms with E-state index in [1.807, 2.05) is 6.92 Å². The van der Waals surface area contributed by atoms with E-state index in [2.05, 4.69) is 4.72 Å². The molecule has 6 heteroatoms. The largest absolute Gasteiger partial charge is 0.495 e. The van der Waals surface area contributed by atoms with Gasteiger partial charge in [-0.05, 0) is 37.5 Å². The van der Waals surface area contributed by atoms with Gasteiger partial charge in [-0.2, -0.15) is 0 Å². The maximum absolute atomic E-state index is 12.3. The number of benzene rings is 1. The Kier molecular flexibility index (Phi) is 3.85. The van der Waals surface area contributed by atoms with Crippen molar-refractivity contribution < 1.29 is 18.3 Å². The Morgan fingerprint density at radius 2 is 2.11 bits per heavy atom. The molecule has 2 N–H and O–H groups in total. The van der Waals surface area contributed by atoms with E-state index in [-0.39, 0.29) is 23.5 Å². The van der Waals surface area contributed by atoms with Gasteiger partial charge in [0.2, 0.25) is 10.0 Å². The van der Waals surface area contributed by atoms with Crippen molar-refractivity contribution in [1.29, 1.82) is 0 Å². The van der Waals surface area contributed by atoms with E-state index in [4.69, 9.17) is 4.74 Å². The summed E-state index contributed by atoms with van der Waals surface area (Å²) in [5.41, 5.74) is 0.592. The van der Waals surface area contributed by atoms with Crippen LogP contribution in [0.2, 0.25) is 0 Å². The van der Waals surface area contributed by atoms with E-state index in [9.17, 15) is 13.5 Å². The first kappa shape index (κ1) is 14.3. The molecule has 1 aliphatic rings. The van der Waals surface area contributed by atoms with E-state index >= 15 is 0 Å². The van der Waals surface area contributed by atoms with Crippen LogP contribution in [0, 0.1) is 12.3 Å². The quantitative estimate of drug-likeness (QED) is 0.819. The van der Waals surface area contributed by atoms with Crippen molar-refractivity contribution in [3.05, 3.63) is 23.8 Å². The first-order chi connectivity index (χ1) is 8.92. The molecule has 0 saturated heterocycles. The summed E-state index contributed by atoms with van der Waals surface area (Å²) in [6.45, 7) is 2.11. The Balaban J connectivity index is 2.21. The lowest BCUT2D eigenvalue weighted by molar-refractivity contribution is 0.213. The molecule has 2 rings (SSSR count). The number of hydrogen-bond donors (Lipinski definition) is 2. The highest BCUT2D eigenvalue weighted by Crippen LogP contribution is 2.44. The van der Waals surface area contributed by atoms with E-state index in [1.54, 1.807) is 18.2 Å². The minimum atomic E-state index is -3.61. The van der Waals surface area contributed by atoms with Crippen molar-refractivity contribution in [2.24, 2.45) is 5.41 Å². The van der Waals surface area contributed by atoms with Gasteiger partial charge in [-0.25, -0.2) is 13.1 Å². The molecular weight excluding hydrogens is 266 g/mol. The topological polar surface area (TPSA) is 75.6 Å². The van der Waals surface area contributed by atoms with Gasteiger partial charge in [0.1, 0.15) is 10.6 Å². The normalized spacial score (nSPS) is 17.2. The molecule has 106 valence electrons. The maximum Gasteiger partial charge on any atom is 0.244 e. The Morgan fingerprint density at radius 1 is 1.42 bits per heavy atom. The number of aliphatic hydroxyl groups excluding tert-OH is 1. The highest BCUT2D eigenvalue weighted by Gasteiger charge is 2.42. The summed E-state index contributed by atoms with van der Waals surface area (Å²) in [6, 6.07) is 5.02. The van der Waals surface area contributed by atoms with Gasteiger partial charge in [0.25, 0.3) is 0 Å². The number of rotatable bonds is 6. The molecule has 1 aromatic carbocycles. The molecule has 0 aliphatic heterocycles. The van der Waals surface area contributed by atoms with Crippen LogP contribution in [0.3, 0.4) is 0 Å². The molecule has 0 radical (unpaired) electrons. The molecule has 1 aliphatic carbocycles. The molecule has 0 atom stereocenters. The van der Waals surface area contributed by atoms with Crippen molar-refractivity contribution in [3.63, 3.8) is 0 Å². The van der Waals surface area contributed by atoms with Gasteiger partial charge in [0, 0.05) is 18.6 Å². The summed E-state index contributed by atoms with van der Waals surface area (Å²) in [4.78, 5) is 0.142. The monoisotopic (exact) mass is 285 g/mol. The Morgan fingerprint density at radius 3 is 2.63 bits per heavy atom. The molecule has 1 saturated carbocycles. The second kappa shape index (κ2) is 5.11. The maximum atomic E-state index is 12.3. The van der Waals surface area contributed by atoms with Crippen molar-refractivity contribution in [3.8, 4) is 5.75 Å². The zero-order chi connectivity index (χ0) is 14.1. The Labute approximate surface area is 113 Å². The van der Waals surface area contributed by atoms with Gasteiger partial charge in [0.15, 0.2) is 0 Å². The lowest BCUT2D eigenvalue weighted by atomic mass is 10.1. The average Bonchev–Trinajstić information content (AvgIpc) is 3.17. The zero-order valence-corrected chi connectivity index (χ0v) is 12.0. The lowest BCUT2D eigenvalue weighted by Crippen LogP contribution is -2.32. The summed E-state index contributed by atoms with van der Waals surface area (Å²) in [5, 5.41) is 9.21. The third kappa shape index (κ3) is 3.08. The molecule has 1 fully saturated rings. The molecule has 0 heterocycles. The predicted molar refractivity (Wildman–Crippen MR) is 71.7 cm³/mol. The number of sulfonamides is 1. The molecule has 0 spiro atoms. The van der Waals surface area contributed by atoms with E-state index in [1.165, 1.54) is 7.11 Å². The third-order valence-electron chi connectivity index (χ3n) is 3.54. The summed E-state index contributed by atoms with van der Waals surface area (Å²) in [7, 11) is -2.17. The van der Waals surface area contributed by atoms with Crippen molar-refractivity contribution >= 4 is 10.0 Å². The standard InChI is InChI=1S/C13H19NO4S/c1-10-3-4-11(18-2)12(7-10)19(16,17)14-8-13(9-15)5-6-13/h3-4,7,14-15H,5-6,8-9H2,1-2H3. The fraction of sp³-hybridized carbons (Fsp3) is 0.538. The second-order valence-corrected chi connectivity index (χ2v) is 6.87. The van der Waals surface area contributed by atoms with Crippen LogP contribution in [-0.4, -0.2) is 33.8 Å². The highest BCUT2D eigenvalue weighted by molar-refractivity contribution is 7.89. The molecule has 0 amide bonds. The average molecular weight is 285 g/mol. The van der Waals surface area contributed by atoms with Crippen LogP contribution in [0.4, 0.5) is 0 Å². The number of nitrogens with one attached hydrogen (secondary N) is 1. The van der Waals surface area contributed by atoms with Crippen LogP contribution in [0.15, 0.2) is 23.1 Å². The zero-order valence-electron chi connectivity index (χ0n) is 11.1. The Bertz CT molecular complexity index is 564. The molecule has 0 aromatic heterocycles. The number of methoxy groups -OCH3 is 1. The smallest absolute Gasteiger partial charge is 0.244 e. The van der Waals surface area contributed by atoms with Crippen molar-refractivity contribution in [2.75, 3.05) is 20.3 Å². The first-order valence-electron chi connectivity index (χ1n) is 6.18. The van der Waals surface area contributed by atoms with Crippen molar-refractivity contribution in [2.45, 2.75) is 24.7 Å². The van der Waals surface area contributed by atoms with E-state index in [0.29, 0.717) is 5.75 Å².